The number of carbonyl (C=O) groups is 1. The monoisotopic (exact) mass is 516 g/mol. The quantitative estimate of drug-likeness (QED) is 0.355. The van der Waals surface area contributed by atoms with Crippen LogP contribution in [-0.2, 0) is 19.4 Å². The fraction of sp³-hybridized carbons (Fsp3) is 0.227. The van der Waals surface area contributed by atoms with Gasteiger partial charge in [0, 0.05) is 19.1 Å². The van der Waals surface area contributed by atoms with Crippen molar-refractivity contribution in [3.05, 3.63) is 60.1 Å². The number of carbonyl (C=O) groups excluding carboxylic acids is 1. The number of benzene rings is 1. The molecule has 0 radical (unpaired) electrons. The molecule has 0 spiro atoms. The summed E-state index contributed by atoms with van der Waals surface area (Å²) in [6.07, 6.45) is 4.15. The molecular formula is C22H21ClN6O5S. The SMILES string of the molecule is CCOCC(Oc1ncnc2c1cnn2-c1ccccc1S(C)(=O)=O)C(=O)Nc1ccc(Cl)cn1. The van der Waals surface area contributed by atoms with Crippen LogP contribution < -0.4 is 10.1 Å². The molecule has 35 heavy (non-hydrogen) atoms. The second-order valence-corrected chi connectivity index (χ2v) is 9.75. The summed E-state index contributed by atoms with van der Waals surface area (Å²) in [7, 11) is -3.53. The second-order valence-electron chi connectivity index (χ2n) is 7.33. The van der Waals surface area contributed by atoms with Crippen molar-refractivity contribution >= 4 is 44.2 Å². The molecule has 0 saturated carbocycles. The zero-order valence-electron chi connectivity index (χ0n) is 18.8. The highest BCUT2D eigenvalue weighted by molar-refractivity contribution is 7.90. The topological polar surface area (TPSA) is 138 Å². The lowest BCUT2D eigenvalue weighted by Gasteiger charge is -2.18. The van der Waals surface area contributed by atoms with Gasteiger partial charge in [0.1, 0.15) is 17.5 Å². The van der Waals surface area contributed by atoms with E-state index in [0.717, 1.165) is 6.26 Å². The summed E-state index contributed by atoms with van der Waals surface area (Å²) in [4.78, 5) is 25.5. The number of para-hydroxylation sites is 1. The number of sulfone groups is 1. The highest BCUT2D eigenvalue weighted by atomic mass is 35.5. The molecule has 1 unspecified atom stereocenters. The molecule has 1 atom stereocenters. The van der Waals surface area contributed by atoms with Gasteiger partial charge in [0.05, 0.1) is 28.4 Å². The number of anilines is 1. The molecule has 0 aliphatic carbocycles. The number of hydrogen-bond acceptors (Lipinski definition) is 9. The Morgan fingerprint density at radius 3 is 2.66 bits per heavy atom. The zero-order chi connectivity index (χ0) is 25.0. The number of nitrogens with one attached hydrogen (secondary N) is 1. The number of halogens is 1. The number of amides is 1. The normalized spacial score (nSPS) is 12.4. The van der Waals surface area contributed by atoms with E-state index in [9.17, 15) is 13.2 Å². The summed E-state index contributed by atoms with van der Waals surface area (Å²) < 4.78 is 37.3. The Kier molecular flexibility index (Phi) is 7.24. The average Bonchev–Trinajstić information content (AvgIpc) is 3.27. The highest BCUT2D eigenvalue weighted by Crippen LogP contribution is 2.27. The Labute approximate surface area is 206 Å². The average molecular weight is 517 g/mol. The lowest BCUT2D eigenvalue weighted by molar-refractivity contribution is -0.125. The standard InChI is InChI=1S/C22H21ClN6O5S/c1-3-33-12-17(21(30)28-19-9-8-14(23)10-24-19)34-22-15-11-27-29(20(15)25-13-26-22)16-6-4-5-7-18(16)35(2,31)32/h4-11,13,17H,3,12H2,1-2H3,(H,24,28,30). The van der Waals surface area contributed by atoms with Gasteiger partial charge in [-0.3, -0.25) is 4.79 Å². The molecular weight excluding hydrogens is 496 g/mol. The maximum absolute atomic E-state index is 12.9. The zero-order valence-corrected chi connectivity index (χ0v) is 20.3. The van der Waals surface area contributed by atoms with Crippen LogP contribution >= 0.6 is 11.6 Å². The molecule has 0 aliphatic heterocycles. The lowest BCUT2D eigenvalue weighted by atomic mass is 10.3. The molecule has 4 aromatic rings. The number of aromatic nitrogens is 5. The fourth-order valence-corrected chi connectivity index (χ4v) is 4.19. The Bertz CT molecular complexity index is 1460. The summed E-state index contributed by atoms with van der Waals surface area (Å²) in [6.45, 7) is 2.11. The smallest absolute Gasteiger partial charge is 0.269 e. The minimum Gasteiger partial charge on any atom is -0.461 e. The molecule has 0 saturated heterocycles. The number of fused-ring (bicyclic) bond motifs is 1. The largest absolute Gasteiger partial charge is 0.461 e. The number of rotatable bonds is 9. The molecule has 0 aliphatic rings. The van der Waals surface area contributed by atoms with Gasteiger partial charge >= 0.3 is 0 Å². The summed E-state index contributed by atoms with van der Waals surface area (Å²) in [5.74, 6) is -0.126. The van der Waals surface area contributed by atoms with Crippen molar-refractivity contribution in [2.45, 2.75) is 17.9 Å². The molecule has 4 rings (SSSR count). The molecule has 3 aromatic heterocycles. The maximum atomic E-state index is 12.9. The summed E-state index contributed by atoms with van der Waals surface area (Å²) in [5.41, 5.74) is 0.633. The van der Waals surface area contributed by atoms with E-state index in [4.69, 9.17) is 21.1 Å². The van der Waals surface area contributed by atoms with Crippen molar-refractivity contribution < 1.29 is 22.7 Å². The molecule has 0 fully saturated rings. The van der Waals surface area contributed by atoms with Crippen LogP contribution in [0.15, 0.2) is 60.0 Å². The molecule has 13 heteroatoms. The van der Waals surface area contributed by atoms with E-state index in [1.165, 1.54) is 29.5 Å². The molecule has 1 amide bonds. The third kappa shape index (κ3) is 5.56. The predicted molar refractivity (Wildman–Crippen MR) is 129 cm³/mol. The van der Waals surface area contributed by atoms with Gasteiger partial charge in [-0.15, -0.1) is 0 Å². The van der Waals surface area contributed by atoms with E-state index >= 15 is 0 Å². The first kappa shape index (κ1) is 24.5. The predicted octanol–water partition coefficient (Wildman–Crippen LogP) is 2.69. The van der Waals surface area contributed by atoms with Crippen LogP contribution in [0, 0.1) is 0 Å². The molecule has 1 N–H and O–H groups in total. The first-order valence-electron chi connectivity index (χ1n) is 10.4. The van der Waals surface area contributed by atoms with Gasteiger partial charge in [-0.2, -0.15) is 5.10 Å². The van der Waals surface area contributed by atoms with Gasteiger partial charge in [-0.05, 0) is 31.2 Å². The van der Waals surface area contributed by atoms with Crippen molar-refractivity contribution in [3.8, 4) is 11.6 Å². The van der Waals surface area contributed by atoms with Gasteiger partial charge in [0.2, 0.25) is 12.0 Å². The van der Waals surface area contributed by atoms with E-state index in [1.54, 1.807) is 37.3 Å². The lowest BCUT2D eigenvalue weighted by Crippen LogP contribution is -2.37. The van der Waals surface area contributed by atoms with Gasteiger partial charge in [0.15, 0.2) is 15.5 Å². The Morgan fingerprint density at radius 2 is 1.94 bits per heavy atom. The number of nitrogens with zero attached hydrogens (tertiary/aromatic N) is 5. The van der Waals surface area contributed by atoms with E-state index in [1.807, 2.05) is 0 Å². The van der Waals surface area contributed by atoms with Crippen molar-refractivity contribution in [3.63, 3.8) is 0 Å². The molecule has 0 bridgehead atoms. The number of hydrogen-bond donors (Lipinski definition) is 1. The Morgan fingerprint density at radius 1 is 1.14 bits per heavy atom. The number of pyridine rings is 1. The van der Waals surface area contributed by atoms with E-state index < -0.39 is 21.8 Å². The molecule has 1 aromatic carbocycles. The van der Waals surface area contributed by atoms with Gasteiger partial charge in [-0.25, -0.2) is 28.1 Å². The van der Waals surface area contributed by atoms with Crippen LogP contribution in [0.25, 0.3) is 16.7 Å². The van der Waals surface area contributed by atoms with Crippen LogP contribution in [0.2, 0.25) is 5.02 Å². The maximum Gasteiger partial charge on any atom is 0.269 e. The minimum atomic E-state index is -3.53. The van der Waals surface area contributed by atoms with Crippen LogP contribution in [0.1, 0.15) is 6.92 Å². The Hall–Kier alpha value is -3.61. The van der Waals surface area contributed by atoms with E-state index in [2.05, 4.69) is 25.4 Å². The fourth-order valence-electron chi connectivity index (χ4n) is 3.22. The van der Waals surface area contributed by atoms with Gasteiger partial charge < -0.3 is 14.8 Å². The van der Waals surface area contributed by atoms with E-state index in [0.29, 0.717) is 34.2 Å². The minimum absolute atomic E-state index is 0.0491. The Balaban J connectivity index is 1.67. The van der Waals surface area contributed by atoms with Gasteiger partial charge in [-0.1, -0.05) is 23.7 Å². The third-order valence-corrected chi connectivity index (χ3v) is 6.19. The summed E-state index contributed by atoms with van der Waals surface area (Å²) in [5, 5.41) is 7.78. The first-order chi connectivity index (χ1) is 16.8. The van der Waals surface area contributed by atoms with Crippen LogP contribution in [0.4, 0.5) is 5.82 Å². The second kappa shape index (κ2) is 10.3. The third-order valence-electron chi connectivity index (χ3n) is 4.82. The van der Waals surface area contributed by atoms with Crippen molar-refractivity contribution in [2.75, 3.05) is 24.8 Å². The molecule has 3 heterocycles. The summed E-state index contributed by atoms with van der Waals surface area (Å²) in [6, 6.07) is 9.59. The number of ether oxygens (including phenoxy) is 2. The highest BCUT2D eigenvalue weighted by Gasteiger charge is 2.25. The van der Waals surface area contributed by atoms with Crippen LogP contribution in [0.5, 0.6) is 5.88 Å². The van der Waals surface area contributed by atoms with Crippen molar-refractivity contribution in [1.29, 1.82) is 0 Å². The molecule has 182 valence electrons. The van der Waals surface area contributed by atoms with Crippen molar-refractivity contribution in [2.24, 2.45) is 0 Å². The van der Waals surface area contributed by atoms with Crippen molar-refractivity contribution in [1.82, 2.24) is 24.7 Å². The van der Waals surface area contributed by atoms with E-state index in [-0.39, 0.29) is 17.4 Å². The first-order valence-corrected chi connectivity index (χ1v) is 12.7. The molecule has 11 nitrogen and oxygen atoms in total. The summed E-state index contributed by atoms with van der Waals surface area (Å²) >= 11 is 5.85. The van der Waals surface area contributed by atoms with Crippen LogP contribution in [-0.4, -0.2) is 64.6 Å². The van der Waals surface area contributed by atoms with Crippen LogP contribution in [0.3, 0.4) is 0 Å². The van der Waals surface area contributed by atoms with Gasteiger partial charge in [0.25, 0.3) is 5.91 Å².